The van der Waals surface area contributed by atoms with Gasteiger partial charge in [0.2, 0.25) is 0 Å². The zero-order chi connectivity index (χ0) is 20.6. The Kier molecular flexibility index (Phi) is 21.6. The Morgan fingerprint density at radius 2 is 0.923 bits per heavy atom. The molecule has 0 aromatic heterocycles. The van der Waals surface area contributed by atoms with Crippen LogP contribution in [0.5, 0.6) is 0 Å². The molecule has 0 aromatic rings. The molecular formula is C19H44Cl2O4W. The predicted octanol–water partition coefficient (Wildman–Crippen LogP) is 5.11. The van der Waals surface area contributed by atoms with E-state index in [0.717, 1.165) is 6.42 Å². The van der Waals surface area contributed by atoms with Crippen LogP contribution in [0.1, 0.15) is 89.0 Å². The van der Waals surface area contributed by atoms with E-state index in [-0.39, 0.29) is 41.1 Å². The van der Waals surface area contributed by atoms with Crippen molar-refractivity contribution in [3.63, 3.8) is 0 Å². The Balaban J connectivity index is -0.000000100. The Labute approximate surface area is 186 Å². The molecule has 0 aliphatic rings. The molecule has 0 bridgehead atoms. The SMILES string of the molecule is CC(C)(C)C(O)CC(O)C(C)(C)C.CC(C)(C)CC(C)(C)O.Cl.Cl.[O]=[W]. The third kappa shape index (κ3) is 27.2. The van der Waals surface area contributed by atoms with Gasteiger partial charge >= 0.3 is 23.2 Å². The van der Waals surface area contributed by atoms with E-state index in [9.17, 15) is 15.3 Å². The van der Waals surface area contributed by atoms with E-state index in [2.05, 4.69) is 20.8 Å². The molecule has 0 heterocycles. The first-order valence-electron chi connectivity index (χ1n) is 8.51. The number of aliphatic hydroxyl groups excluding tert-OH is 2. The summed E-state index contributed by atoms with van der Waals surface area (Å²) in [6.45, 7) is 22.0. The third-order valence-electron chi connectivity index (χ3n) is 3.41. The quantitative estimate of drug-likeness (QED) is 0.427. The van der Waals surface area contributed by atoms with Gasteiger partial charge in [-0.25, -0.2) is 0 Å². The minimum atomic E-state index is -0.516. The fraction of sp³-hybridized carbons (Fsp3) is 1.00. The van der Waals surface area contributed by atoms with E-state index in [1.807, 2.05) is 55.4 Å². The van der Waals surface area contributed by atoms with Gasteiger partial charge in [-0.05, 0) is 36.5 Å². The van der Waals surface area contributed by atoms with Crippen LogP contribution in [0.15, 0.2) is 0 Å². The van der Waals surface area contributed by atoms with Gasteiger partial charge in [-0.15, -0.1) is 24.8 Å². The topological polar surface area (TPSA) is 77.8 Å². The standard InChI is InChI=1S/C11H24O2.C8H18O.2ClH.O.W/c1-10(2,3)8(12)7-9(13)11(4,5)6;1-7(2,3)6-8(4,5)9;;;;/h8-9,12-13H,7H2,1-6H3;9H,6H2,1-5H3;2*1H;;. The van der Waals surface area contributed by atoms with Gasteiger partial charge in [0.05, 0.1) is 17.8 Å². The van der Waals surface area contributed by atoms with Crippen LogP contribution >= 0.6 is 24.8 Å². The first-order valence-corrected chi connectivity index (χ1v) is 9.71. The molecule has 2 unspecified atom stereocenters. The van der Waals surface area contributed by atoms with Crippen LogP contribution in [0.2, 0.25) is 0 Å². The minimum absolute atomic E-state index is 0. The summed E-state index contributed by atoms with van der Waals surface area (Å²) in [7, 11) is 0. The summed E-state index contributed by atoms with van der Waals surface area (Å²) in [5.41, 5.74) is -0.574. The van der Waals surface area contributed by atoms with Crippen molar-refractivity contribution in [2.75, 3.05) is 0 Å². The molecule has 3 N–H and O–H groups in total. The molecule has 0 aliphatic carbocycles. The summed E-state index contributed by atoms with van der Waals surface area (Å²) in [5, 5.41) is 28.9. The van der Waals surface area contributed by atoms with Crippen LogP contribution in [0.3, 0.4) is 0 Å². The average molecular weight is 591 g/mol. The molecule has 0 rings (SSSR count). The number of aliphatic hydroxyl groups is 3. The number of halogens is 2. The summed E-state index contributed by atoms with van der Waals surface area (Å²) in [6.07, 6.45) is 0.413. The van der Waals surface area contributed by atoms with Crippen molar-refractivity contribution in [3.8, 4) is 0 Å². The van der Waals surface area contributed by atoms with Gasteiger partial charge < -0.3 is 15.3 Å². The average Bonchev–Trinajstić information content (AvgIpc) is 2.24. The molecule has 7 heteroatoms. The predicted molar refractivity (Wildman–Crippen MR) is 111 cm³/mol. The van der Waals surface area contributed by atoms with Crippen molar-refractivity contribution in [2.45, 2.75) is 107 Å². The monoisotopic (exact) mass is 590 g/mol. The summed E-state index contributed by atoms with van der Waals surface area (Å²) in [6, 6.07) is 0. The molecule has 0 amide bonds. The fourth-order valence-electron chi connectivity index (χ4n) is 2.22. The Hall–Kier alpha value is 0.948. The number of rotatable bonds is 3. The van der Waals surface area contributed by atoms with Gasteiger partial charge in [-0.2, -0.15) is 0 Å². The summed E-state index contributed by atoms with van der Waals surface area (Å²) in [5.74, 6) is 0. The van der Waals surface area contributed by atoms with E-state index in [4.69, 9.17) is 3.40 Å². The molecule has 0 saturated heterocycles. The van der Waals surface area contributed by atoms with E-state index in [1.165, 1.54) is 0 Å². The molecule has 0 fully saturated rings. The van der Waals surface area contributed by atoms with Gasteiger partial charge in [0.15, 0.2) is 0 Å². The Bertz CT molecular complexity index is 296. The number of hydrogen-bond acceptors (Lipinski definition) is 4. The molecule has 4 nitrogen and oxygen atoms in total. The molecule has 0 saturated carbocycles. The number of hydrogen-bond donors (Lipinski definition) is 3. The van der Waals surface area contributed by atoms with Crippen LogP contribution in [0.25, 0.3) is 0 Å². The van der Waals surface area contributed by atoms with Crippen molar-refractivity contribution >= 4 is 24.8 Å². The van der Waals surface area contributed by atoms with Crippen molar-refractivity contribution < 1.29 is 38.5 Å². The van der Waals surface area contributed by atoms with Crippen molar-refractivity contribution in [3.05, 3.63) is 0 Å². The van der Waals surface area contributed by atoms with Crippen molar-refractivity contribution in [1.29, 1.82) is 0 Å². The first kappa shape index (κ1) is 37.7. The van der Waals surface area contributed by atoms with E-state index >= 15 is 0 Å². The molecule has 2 atom stereocenters. The molecule has 0 aliphatic heterocycles. The summed E-state index contributed by atoms with van der Waals surface area (Å²) in [4.78, 5) is 0. The Morgan fingerprint density at radius 1 is 0.692 bits per heavy atom. The molecule has 0 aromatic carbocycles. The molecule has 164 valence electrons. The van der Waals surface area contributed by atoms with Crippen molar-refractivity contribution in [2.24, 2.45) is 16.2 Å². The maximum absolute atomic E-state index is 9.76. The molecule has 0 radical (unpaired) electrons. The van der Waals surface area contributed by atoms with E-state index in [1.54, 1.807) is 0 Å². The second kappa shape index (κ2) is 14.9. The van der Waals surface area contributed by atoms with Gasteiger partial charge in [0, 0.05) is 6.42 Å². The zero-order valence-electron chi connectivity index (χ0n) is 18.5. The molecule has 0 spiro atoms. The first-order chi connectivity index (χ1) is 10.3. The maximum atomic E-state index is 9.76. The second-order valence-corrected chi connectivity index (χ2v) is 10.5. The normalized spacial score (nSPS) is 14.2. The Morgan fingerprint density at radius 3 is 1.00 bits per heavy atom. The van der Waals surface area contributed by atoms with E-state index < -0.39 is 17.8 Å². The molecule has 26 heavy (non-hydrogen) atoms. The third-order valence-corrected chi connectivity index (χ3v) is 3.41. The summed E-state index contributed by atoms with van der Waals surface area (Å²) >= 11 is 0.333. The van der Waals surface area contributed by atoms with Gasteiger partial charge in [0.25, 0.3) is 0 Å². The van der Waals surface area contributed by atoms with Crippen LogP contribution in [0.4, 0.5) is 0 Å². The van der Waals surface area contributed by atoms with Crippen LogP contribution in [-0.4, -0.2) is 33.1 Å². The van der Waals surface area contributed by atoms with Crippen molar-refractivity contribution in [1.82, 2.24) is 0 Å². The van der Waals surface area contributed by atoms with Crippen LogP contribution < -0.4 is 0 Å². The van der Waals surface area contributed by atoms with Crippen LogP contribution in [-0.2, 0) is 23.2 Å². The second-order valence-electron chi connectivity index (χ2n) is 10.5. The van der Waals surface area contributed by atoms with E-state index in [0.29, 0.717) is 26.2 Å². The summed E-state index contributed by atoms with van der Waals surface area (Å²) < 4.78 is 8.33. The van der Waals surface area contributed by atoms with Gasteiger partial charge in [0.1, 0.15) is 0 Å². The van der Waals surface area contributed by atoms with Gasteiger partial charge in [-0.3, -0.25) is 0 Å². The molecular weight excluding hydrogens is 547 g/mol. The zero-order valence-corrected chi connectivity index (χ0v) is 23.1. The van der Waals surface area contributed by atoms with Gasteiger partial charge in [-0.1, -0.05) is 62.3 Å². The van der Waals surface area contributed by atoms with Crippen LogP contribution in [0, 0.1) is 16.2 Å². The fourth-order valence-corrected chi connectivity index (χ4v) is 2.22.